The van der Waals surface area contributed by atoms with E-state index in [-0.39, 0.29) is 5.78 Å². The van der Waals surface area contributed by atoms with Crippen molar-refractivity contribution in [1.29, 1.82) is 0 Å². The number of nitrogens with zero attached hydrogens (tertiary/aromatic N) is 1. The summed E-state index contributed by atoms with van der Waals surface area (Å²) in [5.41, 5.74) is 1.95. The van der Waals surface area contributed by atoms with E-state index < -0.39 is 0 Å². The summed E-state index contributed by atoms with van der Waals surface area (Å²) in [5.74, 6) is 0.600. The molecule has 0 aromatic heterocycles. The highest BCUT2D eigenvalue weighted by molar-refractivity contribution is 8.23. The van der Waals surface area contributed by atoms with Gasteiger partial charge in [0.1, 0.15) is 4.32 Å². The van der Waals surface area contributed by atoms with E-state index in [0.29, 0.717) is 5.75 Å². The predicted octanol–water partition coefficient (Wildman–Crippen LogP) is 3.68. The van der Waals surface area contributed by atoms with Crippen LogP contribution in [-0.4, -0.2) is 33.8 Å². The molecular formula is C15H19NOS2. The Labute approximate surface area is 124 Å². The molecule has 1 fully saturated rings. The molecule has 102 valence electrons. The second-order valence-corrected chi connectivity index (χ2v) is 6.50. The van der Waals surface area contributed by atoms with Crippen molar-refractivity contribution >= 4 is 34.1 Å². The molecule has 0 N–H and O–H groups in total. The van der Waals surface area contributed by atoms with Gasteiger partial charge in [-0.3, -0.25) is 4.79 Å². The van der Waals surface area contributed by atoms with Crippen LogP contribution in [0.15, 0.2) is 24.3 Å². The molecule has 0 spiro atoms. The van der Waals surface area contributed by atoms with Crippen molar-refractivity contribution in [3.63, 3.8) is 0 Å². The highest BCUT2D eigenvalue weighted by Crippen LogP contribution is 2.17. The molecule has 0 unspecified atom stereocenters. The van der Waals surface area contributed by atoms with Crippen molar-refractivity contribution in [3.05, 3.63) is 35.4 Å². The number of carbonyl (C=O) groups excluding carboxylic acids is 1. The summed E-state index contributed by atoms with van der Waals surface area (Å²) >= 11 is 6.90. The number of thioether (sulfide) groups is 1. The monoisotopic (exact) mass is 293 g/mol. The van der Waals surface area contributed by atoms with Crippen LogP contribution in [0.4, 0.5) is 0 Å². The average Bonchev–Trinajstić information content (AvgIpc) is 2.46. The number of aryl methyl sites for hydroxylation is 1. The van der Waals surface area contributed by atoms with Crippen LogP contribution >= 0.6 is 24.0 Å². The summed E-state index contributed by atoms with van der Waals surface area (Å²) in [6.45, 7) is 4.11. The lowest BCUT2D eigenvalue weighted by atomic mass is 10.1. The van der Waals surface area contributed by atoms with E-state index in [1.807, 2.05) is 31.2 Å². The Morgan fingerprint density at radius 2 is 1.84 bits per heavy atom. The predicted molar refractivity (Wildman–Crippen MR) is 86.0 cm³/mol. The van der Waals surface area contributed by atoms with Crippen molar-refractivity contribution in [1.82, 2.24) is 4.90 Å². The fourth-order valence-electron chi connectivity index (χ4n) is 2.12. The van der Waals surface area contributed by atoms with Crippen LogP contribution < -0.4 is 0 Å². The Hall–Kier alpha value is -0.870. The molecule has 0 atom stereocenters. The van der Waals surface area contributed by atoms with Gasteiger partial charge in [0.15, 0.2) is 5.78 Å². The van der Waals surface area contributed by atoms with Gasteiger partial charge < -0.3 is 4.90 Å². The van der Waals surface area contributed by atoms with E-state index in [1.54, 1.807) is 0 Å². The summed E-state index contributed by atoms with van der Waals surface area (Å²) < 4.78 is 0.875. The number of piperidine rings is 1. The second kappa shape index (κ2) is 7.06. The molecule has 0 bridgehead atoms. The first-order valence-electron chi connectivity index (χ1n) is 6.68. The fourth-order valence-corrected chi connectivity index (χ4v) is 3.26. The second-order valence-electron chi connectivity index (χ2n) is 4.89. The molecule has 2 nitrogen and oxygen atoms in total. The zero-order valence-corrected chi connectivity index (χ0v) is 12.9. The number of ketones is 1. The van der Waals surface area contributed by atoms with Gasteiger partial charge in [0.25, 0.3) is 0 Å². The van der Waals surface area contributed by atoms with Gasteiger partial charge in [0, 0.05) is 18.7 Å². The normalized spacial score (nSPS) is 15.3. The van der Waals surface area contributed by atoms with Crippen molar-refractivity contribution in [2.24, 2.45) is 0 Å². The minimum Gasteiger partial charge on any atom is -0.358 e. The van der Waals surface area contributed by atoms with E-state index >= 15 is 0 Å². The lowest BCUT2D eigenvalue weighted by Crippen LogP contribution is -2.33. The molecule has 1 aliphatic heterocycles. The molecule has 1 aromatic rings. The zero-order valence-electron chi connectivity index (χ0n) is 11.2. The molecule has 0 aliphatic carbocycles. The summed E-state index contributed by atoms with van der Waals surface area (Å²) in [7, 11) is 0. The van der Waals surface area contributed by atoms with Crippen molar-refractivity contribution < 1.29 is 4.79 Å². The maximum absolute atomic E-state index is 12.0. The summed E-state index contributed by atoms with van der Waals surface area (Å²) in [5, 5.41) is 0. The van der Waals surface area contributed by atoms with Gasteiger partial charge >= 0.3 is 0 Å². The van der Waals surface area contributed by atoms with Crippen LogP contribution in [0.1, 0.15) is 35.2 Å². The van der Waals surface area contributed by atoms with Gasteiger partial charge in [0.2, 0.25) is 0 Å². The maximum atomic E-state index is 12.0. The largest absolute Gasteiger partial charge is 0.358 e. The number of carbonyl (C=O) groups is 1. The van der Waals surface area contributed by atoms with Crippen LogP contribution in [0.3, 0.4) is 0 Å². The highest BCUT2D eigenvalue weighted by atomic mass is 32.2. The number of hydrogen-bond donors (Lipinski definition) is 0. The van der Waals surface area contributed by atoms with Crippen LogP contribution in [0.2, 0.25) is 0 Å². The van der Waals surface area contributed by atoms with Crippen molar-refractivity contribution in [2.75, 3.05) is 18.8 Å². The van der Waals surface area contributed by atoms with Gasteiger partial charge in [-0.05, 0) is 26.2 Å². The lowest BCUT2D eigenvalue weighted by Gasteiger charge is -2.28. The van der Waals surface area contributed by atoms with Crippen molar-refractivity contribution in [2.45, 2.75) is 26.2 Å². The molecule has 4 heteroatoms. The first-order chi connectivity index (χ1) is 9.16. The fraction of sp³-hybridized carbons (Fsp3) is 0.467. The molecule has 0 amide bonds. The van der Waals surface area contributed by atoms with E-state index in [2.05, 4.69) is 4.90 Å². The van der Waals surface area contributed by atoms with Crippen molar-refractivity contribution in [3.8, 4) is 0 Å². The Morgan fingerprint density at radius 3 is 2.47 bits per heavy atom. The quantitative estimate of drug-likeness (QED) is 0.625. The zero-order chi connectivity index (χ0) is 13.7. The number of rotatable bonds is 3. The first kappa shape index (κ1) is 14.5. The number of hydrogen-bond acceptors (Lipinski definition) is 3. The minimum absolute atomic E-state index is 0.157. The molecular weight excluding hydrogens is 274 g/mol. The molecule has 1 aromatic carbocycles. The molecule has 19 heavy (non-hydrogen) atoms. The third-order valence-corrected chi connectivity index (χ3v) is 4.84. The number of thiocarbonyl (C=S) groups is 1. The summed E-state index contributed by atoms with van der Waals surface area (Å²) in [4.78, 5) is 14.3. The van der Waals surface area contributed by atoms with Gasteiger partial charge in [0.05, 0.1) is 5.75 Å². The Bertz CT molecular complexity index is 450. The van der Waals surface area contributed by atoms with E-state index in [9.17, 15) is 4.79 Å². The third kappa shape index (κ3) is 4.32. The Kier molecular flexibility index (Phi) is 5.40. The number of benzene rings is 1. The molecule has 1 heterocycles. The van der Waals surface area contributed by atoms with E-state index in [0.717, 1.165) is 23.0 Å². The lowest BCUT2D eigenvalue weighted by molar-refractivity contribution is 0.102. The van der Waals surface area contributed by atoms with Gasteiger partial charge in [-0.25, -0.2) is 0 Å². The average molecular weight is 293 g/mol. The first-order valence-corrected chi connectivity index (χ1v) is 8.08. The van der Waals surface area contributed by atoms with Gasteiger partial charge in [-0.2, -0.15) is 0 Å². The molecule has 1 saturated heterocycles. The minimum atomic E-state index is 0.157. The number of likely N-dealkylation sites (tertiary alicyclic amines) is 1. The molecule has 0 saturated carbocycles. The Morgan fingerprint density at radius 1 is 1.21 bits per heavy atom. The SMILES string of the molecule is Cc1ccc(C(=O)CSC(=S)N2CCCCC2)cc1. The summed E-state index contributed by atoms with van der Waals surface area (Å²) in [6, 6.07) is 7.73. The smallest absolute Gasteiger partial charge is 0.173 e. The van der Waals surface area contributed by atoms with Gasteiger partial charge in [-0.1, -0.05) is 53.8 Å². The molecule has 2 rings (SSSR count). The number of Topliss-reactive ketones (excluding diaryl/α,β-unsaturated/α-hetero) is 1. The highest BCUT2D eigenvalue weighted by Gasteiger charge is 2.15. The van der Waals surface area contributed by atoms with Crippen LogP contribution in [0.25, 0.3) is 0 Å². The maximum Gasteiger partial charge on any atom is 0.173 e. The third-order valence-electron chi connectivity index (χ3n) is 3.31. The van der Waals surface area contributed by atoms with Gasteiger partial charge in [-0.15, -0.1) is 0 Å². The Balaban J connectivity index is 1.82. The topological polar surface area (TPSA) is 20.3 Å². The van der Waals surface area contributed by atoms with Crippen LogP contribution in [0.5, 0.6) is 0 Å². The van der Waals surface area contributed by atoms with Crippen LogP contribution in [-0.2, 0) is 0 Å². The van der Waals surface area contributed by atoms with E-state index in [4.69, 9.17) is 12.2 Å². The standard InChI is InChI=1S/C15H19NOS2/c1-12-5-7-13(8-6-12)14(17)11-19-15(18)16-9-3-2-4-10-16/h5-8H,2-4,9-11H2,1H3. The van der Waals surface area contributed by atoms with E-state index in [1.165, 1.54) is 36.6 Å². The summed E-state index contributed by atoms with van der Waals surface area (Å²) in [6.07, 6.45) is 3.73. The molecule has 1 aliphatic rings. The van der Waals surface area contributed by atoms with Crippen LogP contribution in [0, 0.1) is 6.92 Å². The molecule has 0 radical (unpaired) electrons.